The van der Waals surface area contributed by atoms with E-state index in [-0.39, 0.29) is 48.9 Å². The molecule has 0 rings (SSSR count). The molecule has 2 N–H and O–H groups in total. The first-order chi connectivity index (χ1) is 2.56. The van der Waals surface area contributed by atoms with Crippen molar-refractivity contribution >= 4 is 71.1 Å². The number of hydrogen-bond acceptors (Lipinski definition) is 3. The molecule has 0 spiro atoms. The monoisotopic (exact) mass is 271 g/mol. The van der Waals surface area contributed by atoms with Crippen molar-refractivity contribution in [2.24, 2.45) is 5.14 Å². The molecule has 7 heteroatoms. The van der Waals surface area contributed by atoms with Crippen LogP contribution in [-0.2, 0) is 14.0 Å². The molecule has 0 fully saturated rings. The van der Waals surface area contributed by atoms with E-state index in [2.05, 4.69) is 20.7 Å². The normalized spacial score (nSPS) is 10.0. The van der Waals surface area contributed by atoms with E-state index in [0.717, 1.165) is 0 Å². The third kappa shape index (κ3) is 11.3. The maximum atomic E-state index is 9.42. The molecule has 0 aromatic heterocycles. The Bertz CT molecular complexity index is 117. The summed E-state index contributed by atoms with van der Waals surface area (Å²) in [6.45, 7) is 0. The van der Waals surface area contributed by atoms with Crippen LogP contribution in [0.3, 0.4) is 0 Å². The molecule has 0 saturated heterocycles. The molecule has 0 atom stereocenters. The molecule has 4 nitrogen and oxygen atoms in total. The second-order valence-corrected chi connectivity index (χ2v) is 2.05. The number of nitrogens with two attached hydrogens (primary N) is 1. The summed E-state index contributed by atoms with van der Waals surface area (Å²) in [4.78, 5) is 0. The Balaban J connectivity index is 0. The van der Waals surface area contributed by atoms with Gasteiger partial charge in [0.25, 0.3) is 0 Å². The summed E-state index contributed by atoms with van der Waals surface area (Å²) in [6, 6.07) is 0. The predicted octanol–water partition coefficient (Wildman–Crippen LogP) is -1.56. The van der Waals surface area contributed by atoms with Crippen molar-refractivity contribution in [2.45, 2.75) is 0 Å². The van der Waals surface area contributed by atoms with E-state index >= 15 is 0 Å². The predicted molar refractivity (Wildman–Crippen MR) is 28.6 cm³/mol. The molecular weight excluding hydrogens is 267 g/mol. The molecule has 0 radical (unpaired) electrons. The van der Waals surface area contributed by atoms with Crippen molar-refractivity contribution in [3.8, 4) is 0 Å². The first-order valence-corrected chi connectivity index (χ1v) is 2.67. The van der Waals surface area contributed by atoms with Gasteiger partial charge in [-0.1, -0.05) is 0 Å². The molecule has 0 aliphatic rings. The van der Waals surface area contributed by atoms with Crippen LogP contribution in [0.25, 0.3) is 0 Å². The van der Waals surface area contributed by atoms with Gasteiger partial charge in [-0.15, -0.1) is 3.74 Å². The minimum atomic E-state index is -3.90. The SMILES string of the molecule is NS(=O)(=O)OCl.[BaH2]. The van der Waals surface area contributed by atoms with Gasteiger partial charge in [-0.25, -0.2) is 5.14 Å². The van der Waals surface area contributed by atoms with Crippen LogP contribution in [0.5, 0.6) is 0 Å². The van der Waals surface area contributed by atoms with Gasteiger partial charge in [0.05, 0.1) is 11.9 Å². The summed E-state index contributed by atoms with van der Waals surface area (Å²) in [7, 11) is -3.90. The van der Waals surface area contributed by atoms with Gasteiger partial charge in [0.2, 0.25) is 0 Å². The fourth-order valence-corrected chi connectivity index (χ4v) is 0. The second-order valence-electron chi connectivity index (χ2n) is 0.556. The van der Waals surface area contributed by atoms with Crippen LogP contribution in [-0.4, -0.2) is 57.3 Å². The third-order valence-corrected chi connectivity index (χ3v) is 0.790. The summed E-state index contributed by atoms with van der Waals surface area (Å²) in [6.07, 6.45) is 0. The van der Waals surface area contributed by atoms with E-state index in [1.807, 2.05) is 0 Å². The summed E-state index contributed by atoms with van der Waals surface area (Å²) in [5.74, 6) is 0. The van der Waals surface area contributed by atoms with E-state index in [1.54, 1.807) is 0 Å². The van der Waals surface area contributed by atoms with Crippen LogP contribution < -0.4 is 5.14 Å². The molecule has 42 valence electrons. The first-order valence-electron chi connectivity index (χ1n) is 0.890. The summed E-state index contributed by atoms with van der Waals surface area (Å²) in [5.41, 5.74) is 0. The van der Waals surface area contributed by atoms with Crippen molar-refractivity contribution in [3.63, 3.8) is 0 Å². The van der Waals surface area contributed by atoms with E-state index < -0.39 is 10.3 Å². The molecule has 0 aliphatic carbocycles. The fourth-order valence-electron chi connectivity index (χ4n) is 0. The third-order valence-electron chi connectivity index (χ3n) is 0.0878. The minimum absolute atomic E-state index is 0. The van der Waals surface area contributed by atoms with Crippen LogP contribution in [0.2, 0.25) is 0 Å². The van der Waals surface area contributed by atoms with Gasteiger partial charge in [-0.2, -0.15) is 8.42 Å². The summed E-state index contributed by atoms with van der Waals surface area (Å²) in [5, 5.41) is 4.15. The maximum absolute atomic E-state index is 9.42. The molecule has 0 heterocycles. The molecule has 0 aromatic rings. The van der Waals surface area contributed by atoms with Gasteiger partial charge in [0.1, 0.15) is 0 Å². The summed E-state index contributed by atoms with van der Waals surface area (Å²) < 4.78 is 22.0. The zero-order valence-electron chi connectivity index (χ0n) is 2.59. The van der Waals surface area contributed by atoms with Crippen LogP contribution in [0.15, 0.2) is 0 Å². The standard InChI is InChI=1S/Ba.ClH2NO3S.2H/c;1-5-6(2,3)4;;/h;(H2,2,3,4);;. The quantitative estimate of drug-likeness (QED) is 0.587. The molecule has 0 aliphatic heterocycles. The Morgan fingerprint density at radius 3 is 1.71 bits per heavy atom. The average Bonchev–Trinajstić information content (AvgIpc) is 1.35. The zero-order valence-corrected chi connectivity index (χ0v) is 4.16. The molecule has 7 heavy (non-hydrogen) atoms. The molecule has 0 amide bonds. The zero-order chi connectivity index (χ0) is 5.21. The van der Waals surface area contributed by atoms with Crippen molar-refractivity contribution in [1.82, 2.24) is 0 Å². The van der Waals surface area contributed by atoms with Crippen molar-refractivity contribution < 1.29 is 12.2 Å². The van der Waals surface area contributed by atoms with Gasteiger partial charge in [-0.3, -0.25) is 0 Å². The Hall–Kier alpha value is 1.73. The van der Waals surface area contributed by atoms with Gasteiger partial charge >= 0.3 is 59.2 Å². The van der Waals surface area contributed by atoms with Gasteiger partial charge in [0.15, 0.2) is 0 Å². The van der Waals surface area contributed by atoms with E-state index in [9.17, 15) is 8.42 Å². The molecule has 0 aromatic carbocycles. The molecular formula is H4BaClNO3S. The molecule has 0 unspecified atom stereocenters. The van der Waals surface area contributed by atoms with Crippen LogP contribution >= 0.6 is 11.9 Å². The van der Waals surface area contributed by atoms with Crippen molar-refractivity contribution in [1.29, 1.82) is 0 Å². The number of hydrogen-bond donors (Lipinski definition) is 1. The van der Waals surface area contributed by atoms with Crippen LogP contribution in [0.4, 0.5) is 0 Å². The van der Waals surface area contributed by atoms with Crippen molar-refractivity contribution in [3.05, 3.63) is 0 Å². The summed E-state index contributed by atoms with van der Waals surface area (Å²) >= 11 is 4.26. The van der Waals surface area contributed by atoms with Gasteiger partial charge in [0, 0.05) is 0 Å². The average molecular weight is 271 g/mol. The Morgan fingerprint density at radius 2 is 1.71 bits per heavy atom. The molecule has 0 bridgehead atoms. The Kier molecular flexibility index (Phi) is 7.56. The van der Waals surface area contributed by atoms with E-state index in [1.165, 1.54) is 0 Å². The Morgan fingerprint density at radius 1 is 1.57 bits per heavy atom. The van der Waals surface area contributed by atoms with Crippen LogP contribution in [0, 0.1) is 0 Å². The van der Waals surface area contributed by atoms with E-state index in [0.29, 0.717) is 0 Å². The first kappa shape index (κ1) is 11.5. The fraction of sp³-hybridized carbons (Fsp3) is 0. The topological polar surface area (TPSA) is 69.4 Å². The second kappa shape index (κ2) is 4.60. The van der Waals surface area contributed by atoms with Gasteiger partial charge in [-0.05, 0) is 0 Å². The van der Waals surface area contributed by atoms with Gasteiger partial charge < -0.3 is 0 Å². The molecule has 0 saturated carbocycles. The number of halogens is 1. The van der Waals surface area contributed by atoms with Crippen LogP contribution in [0.1, 0.15) is 0 Å². The van der Waals surface area contributed by atoms with E-state index in [4.69, 9.17) is 0 Å². The van der Waals surface area contributed by atoms with Crippen molar-refractivity contribution in [2.75, 3.05) is 0 Å². The number of rotatable bonds is 1. The Labute approximate surface area is 86.8 Å².